The van der Waals surface area contributed by atoms with Gasteiger partial charge in [-0.25, -0.2) is 9.13 Å². The summed E-state index contributed by atoms with van der Waals surface area (Å²) in [5.74, 6) is 0. The molecule has 0 aromatic carbocycles. The molecule has 0 bridgehead atoms. The van der Waals surface area contributed by atoms with Crippen LogP contribution in [0.2, 0.25) is 0 Å². The summed E-state index contributed by atoms with van der Waals surface area (Å²) < 4.78 is 16.6. The number of halogens is 2. The SMILES string of the molecule is CCCCCCCCCCCCCCCCCC[n+]1ccc(COCCCCCCOCc2cc[n+](CCCCCCCCCCCCCCCCCC)cc2)cc1.[Br-].[Br-]. The lowest BCUT2D eigenvalue weighted by atomic mass is 10.0. The van der Waals surface area contributed by atoms with Gasteiger partial charge >= 0.3 is 0 Å². The Balaban J connectivity index is 0.0000174. The Morgan fingerprint density at radius 2 is 0.517 bits per heavy atom. The van der Waals surface area contributed by atoms with E-state index in [1.54, 1.807) is 0 Å². The maximum absolute atomic E-state index is 5.98. The number of pyridine rings is 2. The number of rotatable bonds is 45. The lowest BCUT2D eigenvalue weighted by molar-refractivity contribution is -0.697. The summed E-state index contributed by atoms with van der Waals surface area (Å²) in [6, 6.07) is 8.94. The monoisotopic (exact) mass is 965 g/mol. The quantitative estimate of drug-likeness (QED) is 0.0489. The van der Waals surface area contributed by atoms with Gasteiger partial charge in [0, 0.05) is 50.3 Å². The zero-order valence-electron chi connectivity index (χ0n) is 39.8. The highest BCUT2D eigenvalue weighted by atomic mass is 79.9. The summed E-state index contributed by atoms with van der Waals surface area (Å²) in [6.07, 6.45) is 59.2. The van der Waals surface area contributed by atoms with Crippen molar-refractivity contribution in [2.75, 3.05) is 13.2 Å². The fourth-order valence-corrected chi connectivity index (χ4v) is 8.29. The first-order valence-corrected chi connectivity index (χ1v) is 25.9. The Labute approximate surface area is 395 Å². The van der Waals surface area contributed by atoms with Gasteiger partial charge < -0.3 is 43.4 Å². The zero-order chi connectivity index (χ0) is 41.1. The van der Waals surface area contributed by atoms with Crippen molar-refractivity contribution in [2.45, 2.75) is 271 Å². The van der Waals surface area contributed by atoms with E-state index < -0.39 is 0 Å². The first-order valence-electron chi connectivity index (χ1n) is 25.9. The van der Waals surface area contributed by atoms with Crippen LogP contribution in [-0.2, 0) is 35.8 Å². The molecule has 0 saturated heterocycles. The molecule has 0 saturated carbocycles. The molecule has 6 heteroatoms. The number of ether oxygens (including phenoxy) is 2. The van der Waals surface area contributed by atoms with E-state index in [9.17, 15) is 0 Å². The summed E-state index contributed by atoms with van der Waals surface area (Å²) in [4.78, 5) is 0. The van der Waals surface area contributed by atoms with Crippen molar-refractivity contribution >= 4 is 0 Å². The van der Waals surface area contributed by atoms with Gasteiger partial charge in [0.05, 0.1) is 13.2 Å². The highest BCUT2D eigenvalue weighted by molar-refractivity contribution is 5.06. The van der Waals surface area contributed by atoms with Crippen LogP contribution in [0.5, 0.6) is 0 Å². The number of hydrogen-bond donors (Lipinski definition) is 0. The van der Waals surface area contributed by atoms with E-state index in [-0.39, 0.29) is 34.0 Å². The fourth-order valence-electron chi connectivity index (χ4n) is 8.29. The Bertz CT molecular complexity index is 1010. The maximum atomic E-state index is 5.98. The zero-order valence-corrected chi connectivity index (χ0v) is 43.0. The van der Waals surface area contributed by atoms with Gasteiger partial charge in [-0.2, -0.15) is 0 Å². The number of aryl methyl sites for hydroxylation is 2. The summed E-state index contributed by atoms with van der Waals surface area (Å²) in [6.45, 7) is 10.0. The molecule has 60 heavy (non-hydrogen) atoms. The average molecular weight is 967 g/mol. The highest BCUT2D eigenvalue weighted by Gasteiger charge is 2.04. The first kappa shape index (κ1) is 59.2. The summed E-state index contributed by atoms with van der Waals surface area (Å²) in [7, 11) is 0. The van der Waals surface area contributed by atoms with E-state index >= 15 is 0 Å². The van der Waals surface area contributed by atoms with E-state index in [0.717, 1.165) is 52.4 Å². The van der Waals surface area contributed by atoms with Crippen molar-refractivity contribution in [1.82, 2.24) is 0 Å². The molecule has 0 aliphatic heterocycles. The fraction of sp³-hybridized carbons (Fsp3) is 0.815. The number of hydrogen-bond acceptors (Lipinski definition) is 2. The van der Waals surface area contributed by atoms with E-state index in [1.165, 1.54) is 229 Å². The van der Waals surface area contributed by atoms with Crippen LogP contribution >= 0.6 is 0 Å². The van der Waals surface area contributed by atoms with Gasteiger partial charge in [0.25, 0.3) is 0 Å². The lowest BCUT2D eigenvalue weighted by Gasteiger charge is -2.06. The van der Waals surface area contributed by atoms with Crippen LogP contribution in [0.15, 0.2) is 49.1 Å². The van der Waals surface area contributed by atoms with E-state index in [0.29, 0.717) is 0 Å². The van der Waals surface area contributed by atoms with Crippen molar-refractivity contribution in [1.29, 1.82) is 0 Å². The molecule has 0 radical (unpaired) electrons. The molecular formula is C54H98Br2N2O2. The second-order valence-electron chi connectivity index (χ2n) is 18.0. The van der Waals surface area contributed by atoms with Crippen molar-refractivity contribution in [3.05, 3.63) is 60.2 Å². The van der Waals surface area contributed by atoms with Crippen molar-refractivity contribution < 1.29 is 52.6 Å². The maximum Gasteiger partial charge on any atom is 0.169 e. The normalized spacial score (nSPS) is 11.2. The van der Waals surface area contributed by atoms with E-state index in [4.69, 9.17) is 9.47 Å². The van der Waals surface area contributed by atoms with Crippen LogP contribution in [0.3, 0.4) is 0 Å². The molecule has 0 atom stereocenters. The minimum Gasteiger partial charge on any atom is -1.00 e. The van der Waals surface area contributed by atoms with Gasteiger partial charge in [-0.3, -0.25) is 0 Å². The molecule has 2 aromatic rings. The number of unbranched alkanes of at least 4 members (excludes halogenated alkanes) is 33. The van der Waals surface area contributed by atoms with Gasteiger partial charge in [-0.15, -0.1) is 0 Å². The standard InChI is InChI=1S/C54H98N2O2.2BrH/c1-3-5-7-9-11-13-15-17-19-21-23-25-27-29-31-35-43-55-45-39-53(40-46-55)51-57-49-37-33-34-38-50-58-52-54-41-47-56(48-42-54)44-36-32-30-28-26-24-22-20-18-16-14-12-10-8-6-4-2;;/h39-42,45-48H,3-38,43-44,49-52H2,1-2H3;2*1H/q+2;;/p-2. The molecule has 0 amide bonds. The summed E-state index contributed by atoms with van der Waals surface area (Å²) in [5.41, 5.74) is 2.56. The van der Waals surface area contributed by atoms with Crippen molar-refractivity contribution in [3.8, 4) is 0 Å². The number of aromatic nitrogens is 2. The van der Waals surface area contributed by atoms with Crippen LogP contribution < -0.4 is 43.1 Å². The topological polar surface area (TPSA) is 26.2 Å². The third-order valence-electron chi connectivity index (χ3n) is 12.3. The minimum absolute atomic E-state index is 0. The van der Waals surface area contributed by atoms with Gasteiger partial charge in [-0.05, 0) is 36.8 Å². The van der Waals surface area contributed by atoms with Crippen LogP contribution in [0.25, 0.3) is 0 Å². The summed E-state index contributed by atoms with van der Waals surface area (Å²) in [5, 5.41) is 0. The van der Waals surface area contributed by atoms with Gasteiger partial charge in [-0.1, -0.05) is 206 Å². The molecule has 2 aromatic heterocycles. The van der Waals surface area contributed by atoms with E-state index in [1.807, 2.05) is 0 Å². The second kappa shape index (κ2) is 47.7. The minimum atomic E-state index is 0. The van der Waals surface area contributed by atoms with Crippen LogP contribution in [0.1, 0.15) is 256 Å². The molecule has 0 N–H and O–H groups in total. The van der Waals surface area contributed by atoms with Crippen molar-refractivity contribution in [3.63, 3.8) is 0 Å². The van der Waals surface area contributed by atoms with Crippen molar-refractivity contribution in [2.24, 2.45) is 0 Å². The molecule has 0 aliphatic carbocycles. The third-order valence-corrected chi connectivity index (χ3v) is 12.3. The van der Waals surface area contributed by atoms with Gasteiger partial charge in [0.1, 0.15) is 13.1 Å². The third kappa shape index (κ3) is 38.8. The number of nitrogens with zero attached hydrogens (tertiary/aromatic N) is 2. The largest absolute Gasteiger partial charge is 1.00 e. The van der Waals surface area contributed by atoms with Crippen LogP contribution in [0, 0.1) is 0 Å². The first-order chi connectivity index (χ1) is 28.8. The molecule has 0 fully saturated rings. The predicted molar refractivity (Wildman–Crippen MR) is 250 cm³/mol. The summed E-state index contributed by atoms with van der Waals surface area (Å²) >= 11 is 0. The van der Waals surface area contributed by atoms with Crippen LogP contribution in [0.4, 0.5) is 0 Å². The molecule has 2 heterocycles. The Hall–Kier alpha value is -0.820. The average Bonchev–Trinajstić information content (AvgIpc) is 3.25. The van der Waals surface area contributed by atoms with Gasteiger partial charge in [0.15, 0.2) is 24.8 Å². The van der Waals surface area contributed by atoms with Gasteiger partial charge in [0.2, 0.25) is 0 Å². The molecule has 0 unspecified atom stereocenters. The Kier molecular flexibility index (Phi) is 47.0. The lowest BCUT2D eigenvalue weighted by Crippen LogP contribution is -3.00. The highest BCUT2D eigenvalue weighted by Crippen LogP contribution is 2.16. The Morgan fingerprint density at radius 3 is 0.767 bits per heavy atom. The smallest absolute Gasteiger partial charge is 0.169 e. The van der Waals surface area contributed by atoms with E-state index in [2.05, 4.69) is 72.0 Å². The van der Waals surface area contributed by atoms with Crippen LogP contribution in [-0.4, -0.2) is 13.2 Å². The molecule has 0 aliphatic rings. The second-order valence-corrected chi connectivity index (χ2v) is 18.0. The predicted octanol–water partition coefficient (Wildman–Crippen LogP) is 10.1. The molecular weight excluding hydrogens is 868 g/mol. The molecule has 2 rings (SSSR count). The molecule has 350 valence electrons. The molecule has 4 nitrogen and oxygen atoms in total. The Morgan fingerprint density at radius 1 is 0.300 bits per heavy atom. The molecule has 0 spiro atoms.